The highest BCUT2D eigenvalue weighted by Gasteiger charge is 2.00. The van der Waals surface area contributed by atoms with E-state index in [4.69, 9.17) is 16.9 Å². The summed E-state index contributed by atoms with van der Waals surface area (Å²) in [5, 5.41) is 11.0. The number of benzene rings is 1. The molecule has 1 aromatic heterocycles. The molecule has 0 saturated heterocycles. The first-order valence-corrected chi connectivity index (χ1v) is 4.13. The summed E-state index contributed by atoms with van der Waals surface area (Å²) < 4.78 is 0. The van der Waals surface area contributed by atoms with Crippen molar-refractivity contribution in [2.24, 2.45) is 0 Å². The third kappa shape index (κ3) is 1.34. The first-order valence-electron chi connectivity index (χ1n) is 3.75. The SMILES string of the molecule is N#Cc1cccc2cnc(Cl)cc12. The summed E-state index contributed by atoms with van der Waals surface area (Å²) in [7, 11) is 0. The zero-order valence-electron chi connectivity index (χ0n) is 6.66. The molecule has 0 aliphatic carbocycles. The normalized spacial score (nSPS) is 9.85. The predicted molar refractivity (Wildman–Crippen MR) is 51.5 cm³/mol. The molecule has 62 valence electrons. The third-order valence-corrected chi connectivity index (χ3v) is 2.06. The van der Waals surface area contributed by atoms with Crippen molar-refractivity contribution >= 4 is 22.4 Å². The van der Waals surface area contributed by atoms with Crippen molar-refractivity contribution in [1.29, 1.82) is 5.26 Å². The Morgan fingerprint density at radius 2 is 2.23 bits per heavy atom. The lowest BCUT2D eigenvalue weighted by Crippen LogP contribution is -1.81. The van der Waals surface area contributed by atoms with Crippen molar-refractivity contribution in [1.82, 2.24) is 4.98 Å². The van der Waals surface area contributed by atoms with Gasteiger partial charge >= 0.3 is 0 Å². The van der Waals surface area contributed by atoms with Gasteiger partial charge in [0.2, 0.25) is 0 Å². The van der Waals surface area contributed by atoms with Crippen LogP contribution < -0.4 is 0 Å². The summed E-state index contributed by atoms with van der Waals surface area (Å²) in [6.07, 6.45) is 1.67. The van der Waals surface area contributed by atoms with Gasteiger partial charge in [-0.3, -0.25) is 0 Å². The monoisotopic (exact) mass is 188 g/mol. The molecule has 1 heterocycles. The fraction of sp³-hybridized carbons (Fsp3) is 0. The Bertz CT molecular complexity index is 500. The molecular weight excluding hydrogens is 184 g/mol. The minimum atomic E-state index is 0.412. The number of fused-ring (bicyclic) bond motifs is 1. The lowest BCUT2D eigenvalue weighted by molar-refractivity contribution is 1.36. The molecule has 0 fully saturated rings. The fourth-order valence-corrected chi connectivity index (χ4v) is 1.40. The van der Waals surface area contributed by atoms with Gasteiger partial charge in [-0.15, -0.1) is 0 Å². The summed E-state index contributed by atoms with van der Waals surface area (Å²) in [4.78, 5) is 3.94. The minimum Gasteiger partial charge on any atom is -0.244 e. The van der Waals surface area contributed by atoms with Crippen LogP contribution in [-0.2, 0) is 0 Å². The van der Waals surface area contributed by atoms with Crippen molar-refractivity contribution in [3.05, 3.63) is 41.2 Å². The van der Waals surface area contributed by atoms with Crippen LogP contribution in [0.2, 0.25) is 5.15 Å². The molecule has 2 rings (SSSR count). The van der Waals surface area contributed by atoms with E-state index in [2.05, 4.69) is 11.1 Å². The summed E-state index contributed by atoms with van der Waals surface area (Å²) >= 11 is 5.73. The second-order valence-electron chi connectivity index (χ2n) is 2.65. The van der Waals surface area contributed by atoms with Gasteiger partial charge in [-0.1, -0.05) is 23.7 Å². The standard InChI is InChI=1S/C10H5ClN2/c11-10-4-9-7(5-12)2-1-3-8(9)6-13-10/h1-4,6H. The minimum absolute atomic E-state index is 0.412. The second kappa shape index (κ2) is 3.04. The van der Waals surface area contributed by atoms with Crippen molar-refractivity contribution in [2.75, 3.05) is 0 Å². The number of halogens is 1. The molecule has 0 atom stereocenters. The maximum absolute atomic E-state index is 8.81. The molecule has 0 aliphatic heterocycles. The van der Waals surface area contributed by atoms with E-state index < -0.39 is 0 Å². The molecule has 0 N–H and O–H groups in total. The van der Waals surface area contributed by atoms with Crippen molar-refractivity contribution in [3.63, 3.8) is 0 Å². The van der Waals surface area contributed by atoms with Gasteiger partial charge in [-0.2, -0.15) is 5.26 Å². The molecule has 0 saturated carbocycles. The van der Waals surface area contributed by atoms with Gasteiger partial charge < -0.3 is 0 Å². The molecule has 3 heteroatoms. The Kier molecular flexibility index (Phi) is 1.88. The average Bonchev–Trinajstić information content (AvgIpc) is 2.17. The molecule has 2 aromatic rings. The first-order chi connectivity index (χ1) is 6.31. The topological polar surface area (TPSA) is 36.7 Å². The predicted octanol–water partition coefficient (Wildman–Crippen LogP) is 2.76. The van der Waals surface area contributed by atoms with E-state index in [0.717, 1.165) is 10.8 Å². The number of nitriles is 1. The smallest absolute Gasteiger partial charge is 0.129 e. The highest BCUT2D eigenvalue weighted by molar-refractivity contribution is 6.30. The number of rotatable bonds is 0. The number of hydrogen-bond donors (Lipinski definition) is 0. The lowest BCUT2D eigenvalue weighted by atomic mass is 10.1. The van der Waals surface area contributed by atoms with Crippen molar-refractivity contribution in [2.45, 2.75) is 0 Å². The van der Waals surface area contributed by atoms with E-state index in [1.54, 1.807) is 18.3 Å². The maximum Gasteiger partial charge on any atom is 0.129 e. The first kappa shape index (κ1) is 8.03. The fourth-order valence-electron chi connectivity index (χ4n) is 1.24. The van der Waals surface area contributed by atoms with E-state index in [9.17, 15) is 0 Å². The van der Waals surface area contributed by atoms with E-state index in [-0.39, 0.29) is 0 Å². The Morgan fingerprint density at radius 1 is 1.38 bits per heavy atom. The van der Waals surface area contributed by atoms with Crippen LogP contribution in [0.5, 0.6) is 0 Å². The third-order valence-electron chi connectivity index (χ3n) is 1.85. The van der Waals surface area contributed by atoms with Crippen LogP contribution in [0.1, 0.15) is 5.56 Å². The molecule has 0 aliphatic rings. The van der Waals surface area contributed by atoms with Crippen LogP contribution in [0, 0.1) is 11.3 Å². The van der Waals surface area contributed by atoms with Crippen LogP contribution in [0.15, 0.2) is 30.5 Å². The van der Waals surface area contributed by atoms with Crippen molar-refractivity contribution in [3.8, 4) is 6.07 Å². The summed E-state index contributed by atoms with van der Waals surface area (Å²) in [6.45, 7) is 0. The van der Waals surface area contributed by atoms with Gasteiger partial charge in [0, 0.05) is 17.0 Å². The molecule has 0 bridgehead atoms. The summed E-state index contributed by atoms with van der Waals surface area (Å²) in [5.41, 5.74) is 0.627. The van der Waals surface area contributed by atoms with E-state index in [0.29, 0.717) is 10.7 Å². The maximum atomic E-state index is 8.81. The van der Waals surface area contributed by atoms with Crippen LogP contribution in [0.4, 0.5) is 0 Å². The van der Waals surface area contributed by atoms with Crippen LogP contribution >= 0.6 is 11.6 Å². The average molecular weight is 189 g/mol. The Labute approximate surface area is 80.4 Å². The van der Waals surface area contributed by atoms with Gasteiger partial charge in [0.15, 0.2) is 0 Å². The Morgan fingerprint density at radius 3 is 3.00 bits per heavy atom. The highest BCUT2D eigenvalue weighted by Crippen LogP contribution is 2.19. The van der Waals surface area contributed by atoms with Crippen LogP contribution in [0.3, 0.4) is 0 Å². The van der Waals surface area contributed by atoms with E-state index in [1.807, 2.05) is 12.1 Å². The zero-order valence-corrected chi connectivity index (χ0v) is 7.42. The molecule has 1 aromatic carbocycles. The summed E-state index contributed by atoms with van der Waals surface area (Å²) in [5.74, 6) is 0. The molecule has 0 radical (unpaired) electrons. The molecule has 0 unspecified atom stereocenters. The number of hydrogen-bond acceptors (Lipinski definition) is 2. The lowest BCUT2D eigenvalue weighted by Gasteiger charge is -1.98. The molecule has 0 spiro atoms. The highest BCUT2D eigenvalue weighted by atomic mass is 35.5. The van der Waals surface area contributed by atoms with Crippen LogP contribution in [-0.4, -0.2) is 4.98 Å². The second-order valence-corrected chi connectivity index (χ2v) is 3.03. The largest absolute Gasteiger partial charge is 0.244 e. The Hall–Kier alpha value is -1.59. The van der Waals surface area contributed by atoms with Crippen LogP contribution in [0.25, 0.3) is 10.8 Å². The van der Waals surface area contributed by atoms with Gasteiger partial charge in [0.1, 0.15) is 5.15 Å². The molecule has 2 nitrogen and oxygen atoms in total. The van der Waals surface area contributed by atoms with Gasteiger partial charge in [-0.25, -0.2) is 4.98 Å². The molecule has 13 heavy (non-hydrogen) atoms. The Balaban J connectivity index is 2.89. The molecule has 0 amide bonds. The van der Waals surface area contributed by atoms with Gasteiger partial charge in [0.05, 0.1) is 11.6 Å². The number of nitrogens with zero attached hydrogens (tertiary/aromatic N) is 2. The van der Waals surface area contributed by atoms with Gasteiger partial charge in [-0.05, 0) is 12.1 Å². The zero-order chi connectivity index (χ0) is 9.26. The quantitative estimate of drug-likeness (QED) is 0.596. The van der Waals surface area contributed by atoms with E-state index >= 15 is 0 Å². The number of pyridine rings is 1. The summed E-state index contributed by atoms with van der Waals surface area (Å²) in [6, 6.07) is 9.31. The van der Waals surface area contributed by atoms with Gasteiger partial charge in [0.25, 0.3) is 0 Å². The number of aromatic nitrogens is 1. The van der Waals surface area contributed by atoms with Crippen molar-refractivity contribution < 1.29 is 0 Å². The molecular formula is C10H5ClN2. The van der Waals surface area contributed by atoms with E-state index in [1.165, 1.54) is 0 Å².